The molecule has 0 aliphatic heterocycles. The zero-order valence-corrected chi connectivity index (χ0v) is 22.3. The predicted molar refractivity (Wildman–Crippen MR) is 147 cm³/mol. The van der Waals surface area contributed by atoms with Gasteiger partial charge in [-0.1, -0.05) is 54.1 Å². The molecule has 0 unspecified atom stereocenters. The van der Waals surface area contributed by atoms with Crippen LogP contribution in [-0.2, 0) is 17.8 Å². The summed E-state index contributed by atoms with van der Waals surface area (Å²) in [6.45, 7) is 3.19. The van der Waals surface area contributed by atoms with E-state index < -0.39 is 5.91 Å². The third kappa shape index (κ3) is 8.30. The third-order valence-electron chi connectivity index (χ3n) is 5.07. The lowest BCUT2D eigenvalue weighted by molar-refractivity contribution is -0.117. The Morgan fingerprint density at radius 3 is 2.51 bits per heavy atom. The van der Waals surface area contributed by atoms with Gasteiger partial charge in [0.1, 0.15) is 18.2 Å². The Morgan fingerprint density at radius 1 is 1.09 bits per heavy atom. The predicted octanol–water partition coefficient (Wildman–Crippen LogP) is 6.58. The van der Waals surface area contributed by atoms with Crippen molar-refractivity contribution in [1.29, 1.82) is 5.26 Å². The Kier molecular flexibility index (Phi) is 10.5. The van der Waals surface area contributed by atoms with Gasteiger partial charge in [-0.2, -0.15) is 5.26 Å². The molecule has 35 heavy (non-hydrogen) atoms. The van der Waals surface area contributed by atoms with Crippen LogP contribution < -0.4 is 14.8 Å². The van der Waals surface area contributed by atoms with E-state index in [9.17, 15) is 10.1 Å². The zero-order chi connectivity index (χ0) is 25.0. The van der Waals surface area contributed by atoms with Gasteiger partial charge in [0.05, 0.1) is 10.2 Å². The number of benzene rings is 3. The van der Waals surface area contributed by atoms with Crippen molar-refractivity contribution < 1.29 is 14.3 Å². The molecule has 3 aromatic rings. The highest BCUT2D eigenvalue weighted by molar-refractivity contribution is 14.1. The first kappa shape index (κ1) is 26.6. The number of carbonyl (C=O) groups excluding carboxylic acids is 1. The van der Waals surface area contributed by atoms with Crippen molar-refractivity contribution in [3.8, 4) is 17.6 Å². The fraction of sp³-hybridized carbons (Fsp3) is 0.214. The van der Waals surface area contributed by atoms with E-state index in [1.54, 1.807) is 12.1 Å². The van der Waals surface area contributed by atoms with Crippen LogP contribution in [0.25, 0.3) is 6.08 Å². The quantitative estimate of drug-likeness (QED) is 0.117. The van der Waals surface area contributed by atoms with Crippen LogP contribution in [0.15, 0.2) is 72.3 Å². The highest BCUT2D eigenvalue weighted by Gasteiger charge is 2.14. The minimum absolute atomic E-state index is 0.0396. The van der Waals surface area contributed by atoms with Crippen LogP contribution >= 0.6 is 34.2 Å². The summed E-state index contributed by atoms with van der Waals surface area (Å²) in [7, 11) is 0. The average molecular weight is 601 g/mol. The van der Waals surface area contributed by atoms with Crippen LogP contribution in [0.3, 0.4) is 0 Å². The minimum atomic E-state index is -0.392. The molecule has 0 saturated heterocycles. The van der Waals surface area contributed by atoms with Crippen LogP contribution in [0.2, 0.25) is 5.02 Å². The summed E-state index contributed by atoms with van der Waals surface area (Å²) >= 11 is 8.13. The standard InChI is InChI=1S/C28H26ClIN2O3/c1-2-34-26-17-22(16-25(30)27(26)35-19-21-10-12-24(29)13-11-21)15-23(18-31)28(33)32-14-6-9-20-7-4-3-5-8-20/h3-5,7-8,10-13,15-17H,2,6,9,14,19H2,1H3,(H,32,33)/b23-15-. The van der Waals surface area contributed by atoms with Gasteiger partial charge in [0.2, 0.25) is 0 Å². The summed E-state index contributed by atoms with van der Waals surface area (Å²) < 4.78 is 12.7. The molecule has 5 nitrogen and oxygen atoms in total. The molecule has 3 rings (SSSR count). The van der Waals surface area contributed by atoms with Crippen molar-refractivity contribution >= 4 is 46.2 Å². The lowest BCUT2D eigenvalue weighted by Crippen LogP contribution is -2.25. The molecule has 1 N–H and O–H groups in total. The van der Waals surface area contributed by atoms with Gasteiger partial charge in [0.15, 0.2) is 11.5 Å². The number of nitrogens with zero attached hydrogens (tertiary/aromatic N) is 1. The maximum Gasteiger partial charge on any atom is 0.261 e. The number of nitrogens with one attached hydrogen (secondary N) is 1. The number of amides is 1. The van der Waals surface area contributed by atoms with Crippen molar-refractivity contribution in [2.45, 2.75) is 26.4 Å². The first-order valence-electron chi connectivity index (χ1n) is 11.3. The van der Waals surface area contributed by atoms with E-state index in [4.69, 9.17) is 21.1 Å². The topological polar surface area (TPSA) is 71.3 Å². The Hall–Kier alpha value is -3.02. The van der Waals surface area contributed by atoms with Gasteiger partial charge in [-0.15, -0.1) is 0 Å². The zero-order valence-electron chi connectivity index (χ0n) is 19.4. The molecular weight excluding hydrogens is 575 g/mol. The van der Waals surface area contributed by atoms with Crippen LogP contribution in [-0.4, -0.2) is 19.1 Å². The molecular formula is C28H26ClIN2O3. The van der Waals surface area contributed by atoms with Gasteiger partial charge in [0.25, 0.3) is 5.91 Å². The monoisotopic (exact) mass is 600 g/mol. The Labute approximate surface area is 224 Å². The molecule has 0 aliphatic rings. The maximum atomic E-state index is 12.6. The van der Waals surface area contributed by atoms with E-state index in [2.05, 4.69) is 40.0 Å². The molecule has 180 valence electrons. The molecule has 0 heterocycles. The smallest absolute Gasteiger partial charge is 0.261 e. The SMILES string of the molecule is CCOc1cc(/C=C(/C#N)C(=O)NCCCc2ccccc2)cc(I)c1OCc1ccc(Cl)cc1. The largest absolute Gasteiger partial charge is 0.490 e. The van der Waals surface area contributed by atoms with Gasteiger partial charge < -0.3 is 14.8 Å². The van der Waals surface area contributed by atoms with E-state index >= 15 is 0 Å². The van der Waals surface area contributed by atoms with Gasteiger partial charge in [-0.3, -0.25) is 4.79 Å². The highest BCUT2D eigenvalue weighted by atomic mass is 127. The summed E-state index contributed by atoms with van der Waals surface area (Å²) in [4.78, 5) is 12.6. The van der Waals surface area contributed by atoms with Gasteiger partial charge in [-0.05, 0) is 89.4 Å². The van der Waals surface area contributed by atoms with Crippen LogP contribution in [0.4, 0.5) is 0 Å². The summed E-state index contributed by atoms with van der Waals surface area (Å²) in [5.74, 6) is 0.778. The molecule has 0 fully saturated rings. The van der Waals surface area contributed by atoms with Crippen molar-refractivity contribution in [1.82, 2.24) is 5.32 Å². The third-order valence-corrected chi connectivity index (χ3v) is 6.13. The van der Waals surface area contributed by atoms with E-state index in [1.165, 1.54) is 5.56 Å². The molecule has 0 bridgehead atoms. The summed E-state index contributed by atoms with van der Waals surface area (Å²) in [5, 5.41) is 13.1. The maximum absolute atomic E-state index is 12.6. The average Bonchev–Trinajstić information content (AvgIpc) is 2.86. The molecule has 7 heteroatoms. The van der Waals surface area contributed by atoms with Crippen LogP contribution in [0.5, 0.6) is 11.5 Å². The van der Waals surface area contributed by atoms with Crippen molar-refractivity contribution in [3.63, 3.8) is 0 Å². The Balaban J connectivity index is 1.68. The second-order valence-corrected chi connectivity index (χ2v) is 9.29. The van der Waals surface area contributed by atoms with Crippen molar-refractivity contribution in [2.24, 2.45) is 0 Å². The van der Waals surface area contributed by atoms with Crippen LogP contribution in [0, 0.1) is 14.9 Å². The van der Waals surface area contributed by atoms with Gasteiger partial charge in [0, 0.05) is 11.6 Å². The molecule has 0 atom stereocenters. The summed E-state index contributed by atoms with van der Waals surface area (Å²) in [5.41, 5.74) is 2.92. The number of hydrogen-bond acceptors (Lipinski definition) is 4. The van der Waals surface area contributed by atoms with Crippen LogP contribution in [0.1, 0.15) is 30.0 Å². The first-order chi connectivity index (χ1) is 17.0. The lowest BCUT2D eigenvalue weighted by Gasteiger charge is -2.15. The molecule has 0 radical (unpaired) electrons. The number of aryl methyl sites for hydroxylation is 1. The molecule has 0 saturated carbocycles. The number of halogens is 2. The van der Waals surface area contributed by atoms with Crippen molar-refractivity contribution in [3.05, 3.63) is 97.6 Å². The molecule has 1 amide bonds. The molecule has 0 spiro atoms. The van der Waals surface area contributed by atoms with E-state index in [1.807, 2.05) is 61.5 Å². The minimum Gasteiger partial charge on any atom is -0.490 e. The molecule has 0 aromatic heterocycles. The number of ether oxygens (including phenoxy) is 2. The summed E-state index contributed by atoms with van der Waals surface area (Å²) in [6, 6.07) is 23.2. The molecule has 0 aliphatic carbocycles. The lowest BCUT2D eigenvalue weighted by atomic mass is 10.1. The van der Waals surface area contributed by atoms with Gasteiger partial charge in [-0.25, -0.2) is 0 Å². The number of carbonyl (C=O) groups is 1. The number of rotatable bonds is 11. The van der Waals surface area contributed by atoms with E-state index in [0.29, 0.717) is 41.8 Å². The van der Waals surface area contributed by atoms with E-state index in [0.717, 1.165) is 22.0 Å². The number of hydrogen-bond donors (Lipinski definition) is 1. The van der Waals surface area contributed by atoms with Crippen molar-refractivity contribution in [2.75, 3.05) is 13.2 Å². The fourth-order valence-corrected chi connectivity index (χ4v) is 4.27. The fourth-order valence-electron chi connectivity index (χ4n) is 3.36. The number of nitriles is 1. The molecule has 3 aromatic carbocycles. The summed E-state index contributed by atoms with van der Waals surface area (Å²) in [6.07, 6.45) is 3.22. The second-order valence-electron chi connectivity index (χ2n) is 7.69. The first-order valence-corrected chi connectivity index (χ1v) is 12.7. The Bertz CT molecular complexity index is 1210. The second kappa shape index (κ2) is 13.8. The van der Waals surface area contributed by atoms with E-state index in [-0.39, 0.29) is 5.57 Å². The Morgan fingerprint density at radius 2 is 1.83 bits per heavy atom. The van der Waals surface area contributed by atoms with Gasteiger partial charge >= 0.3 is 0 Å². The highest BCUT2D eigenvalue weighted by Crippen LogP contribution is 2.35. The normalized spacial score (nSPS) is 11.0.